The molecular weight excluding hydrogens is 398 g/mol. The largest absolute Gasteiger partial charge is 0.452 e. The first-order chi connectivity index (χ1) is 13.4. The Morgan fingerprint density at radius 2 is 1.86 bits per heavy atom. The molecule has 0 radical (unpaired) electrons. The Bertz CT molecular complexity index is 887. The van der Waals surface area contributed by atoms with Crippen LogP contribution in [0.2, 0.25) is 0 Å². The first kappa shape index (κ1) is 22.8. The molecule has 2 N–H and O–H groups in total. The summed E-state index contributed by atoms with van der Waals surface area (Å²) in [6, 6.07) is 5.57. The van der Waals surface area contributed by atoms with Crippen molar-refractivity contribution in [3.63, 3.8) is 0 Å². The number of carbonyl (C=O) groups is 3. The van der Waals surface area contributed by atoms with Crippen LogP contribution in [-0.2, 0) is 24.3 Å². The summed E-state index contributed by atoms with van der Waals surface area (Å²) in [4.78, 5) is 37.1. The summed E-state index contributed by atoms with van der Waals surface area (Å²) in [6.45, 7) is 4.43. The maximum atomic E-state index is 12.4. The quantitative estimate of drug-likeness (QED) is 0.590. The van der Waals surface area contributed by atoms with Crippen LogP contribution in [0, 0.1) is 0 Å². The van der Waals surface area contributed by atoms with Gasteiger partial charge >= 0.3 is 5.97 Å². The fourth-order valence-electron chi connectivity index (χ4n) is 2.38. The molecule has 0 atom stereocenters. The van der Waals surface area contributed by atoms with Gasteiger partial charge in [0, 0.05) is 18.6 Å². The number of hydrogen-bond donors (Lipinski definition) is 2. The van der Waals surface area contributed by atoms with Crippen LogP contribution in [-0.4, -0.2) is 62.9 Å². The Morgan fingerprint density at radius 3 is 2.45 bits per heavy atom. The van der Waals surface area contributed by atoms with Crippen LogP contribution < -0.4 is 10.0 Å². The maximum Gasteiger partial charge on any atom is 0.338 e. The van der Waals surface area contributed by atoms with Crippen LogP contribution in [0.3, 0.4) is 0 Å². The molecule has 9 nitrogen and oxygen atoms in total. The normalized spacial score (nSPS) is 14.2. The zero-order chi connectivity index (χ0) is 21.8. The van der Waals surface area contributed by atoms with Gasteiger partial charge in [0.05, 0.1) is 17.0 Å². The maximum absolute atomic E-state index is 12.4. The lowest BCUT2D eigenvalue weighted by Crippen LogP contribution is -2.40. The van der Waals surface area contributed by atoms with Crippen LogP contribution in [0.1, 0.15) is 44.0 Å². The lowest BCUT2D eigenvalue weighted by atomic mass is 10.1. The van der Waals surface area contributed by atoms with Gasteiger partial charge in [-0.25, -0.2) is 17.9 Å². The smallest absolute Gasteiger partial charge is 0.338 e. The second kappa shape index (κ2) is 8.91. The molecule has 1 aromatic rings. The number of carbonyl (C=O) groups excluding carboxylic acids is 3. The number of benzene rings is 1. The van der Waals surface area contributed by atoms with Crippen molar-refractivity contribution in [1.29, 1.82) is 0 Å². The first-order valence-corrected chi connectivity index (χ1v) is 10.7. The van der Waals surface area contributed by atoms with Crippen molar-refractivity contribution in [2.45, 2.75) is 50.1 Å². The van der Waals surface area contributed by atoms with Gasteiger partial charge in [-0.15, -0.1) is 0 Å². The van der Waals surface area contributed by atoms with E-state index in [1.165, 1.54) is 36.2 Å². The Hall–Kier alpha value is -2.46. The van der Waals surface area contributed by atoms with Gasteiger partial charge in [0.2, 0.25) is 15.9 Å². The van der Waals surface area contributed by atoms with E-state index >= 15 is 0 Å². The van der Waals surface area contributed by atoms with E-state index in [2.05, 4.69) is 10.0 Å². The van der Waals surface area contributed by atoms with Crippen LogP contribution in [0.4, 0.5) is 0 Å². The highest BCUT2D eigenvalue weighted by molar-refractivity contribution is 7.89. The molecule has 0 heterocycles. The molecule has 0 aliphatic heterocycles. The molecule has 160 valence electrons. The van der Waals surface area contributed by atoms with Gasteiger partial charge in [0.1, 0.15) is 0 Å². The number of sulfonamides is 1. The first-order valence-electron chi connectivity index (χ1n) is 9.22. The fraction of sp³-hybridized carbons (Fsp3) is 0.526. The van der Waals surface area contributed by atoms with E-state index in [0.29, 0.717) is 0 Å². The molecule has 1 aromatic carbocycles. The zero-order valence-corrected chi connectivity index (χ0v) is 17.8. The minimum Gasteiger partial charge on any atom is -0.452 e. The number of rotatable bonds is 8. The number of nitrogens with one attached hydrogen (secondary N) is 2. The summed E-state index contributed by atoms with van der Waals surface area (Å²) in [7, 11) is -2.38. The van der Waals surface area contributed by atoms with Crippen molar-refractivity contribution in [3.05, 3.63) is 29.8 Å². The van der Waals surface area contributed by atoms with Crippen molar-refractivity contribution in [2.75, 3.05) is 20.2 Å². The van der Waals surface area contributed by atoms with E-state index in [1.807, 2.05) is 0 Å². The molecule has 1 fully saturated rings. The summed E-state index contributed by atoms with van der Waals surface area (Å²) in [5.74, 6) is -1.64. The molecule has 1 saturated carbocycles. The Morgan fingerprint density at radius 1 is 1.21 bits per heavy atom. The third kappa shape index (κ3) is 7.47. The second-order valence-corrected chi connectivity index (χ2v) is 9.73. The average Bonchev–Trinajstić information content (AvgIpc) is 3.41. The number of amides is 2. The van der Waals surface area contributed by atoms with E-state index < -0.39 is 34.0 Å². The topological polar surface area (TPSA) is 122 Å². The highest BCUT2D eigenvalue weighted by Crippen LogP contribution is 2.18. The molecule has 0 spiro atoms. The SMILES string of the molecule is CN(CC(=O)NC1CC1)C(=O)COC(=O)c1cccc(S(=O)(=O)NC(C)(C)C)c1. The minimum atomic E-state index is -3.81. The second-order valence-electron chi connectivity index (χ2n) is 8.05. The highest BCUT2D eigenvalue weighted by atomic mass is 32.2. The van der Waals surface area contributed by atoms with Crippen molar-refractivity contribution in [3.8, 4) is 0 Å². The van der Waals surface area contributed by atoms with Gasteiger partial charge in [-0.1, -0.05) is 6.07 Å². The van der Waals surface area contributed by atoms with Gasteiger partial charge in [0.25, 0.3) is 5.91 Å². The van der Waals surface area contributed by atoms with Gasteiger partial charge in [-0.3, -0.25) is 9.59 Å². The third-order valence-corrected chi connectivity index (χ3v) is 5.65. The predicted octanol–water partition coefficient (Wildman–Crippen LogP) is 0.657. The molecular formula is C19H27N3O6S. The molecule has 0 unspecified atom stereocenters. The van der Waals surface area contributed by atoms with Crippen LogP contribution in [0.25, 0.3) is 0 Å². The highest BCUT2D eigenvalue weighted by Gasteiger charge is 2.25. The Kier molecular flexibility index (Phi) is 7.02. The van der Waals surface area contributed by atoms with Crippen molar-refractivity contribution < 1.29 is 27.5 Å². The molecule has 2 rings (SSSR count). The van der Waals surface area contributed by atoms with Gasteiger partial charge in [-0.05, 0) is 51.8 Å². The van der Waals surface area contributed by atoms with E-state index in [9.17, 15) is 22.8 Å². The van der Waals surface area contributed by atoms with E-state index in [1.54, 1.807) is 20.8 Å². The van der Waals surface area contributed by atoms with Crippen LogP contribution in [0.5, 0.6) is 0 Å². The molecule has 1 aliphatic rings. The molecule has 10 heteroatoms. The summed E-state index contributed by atoms with van der Waals surface area (Å²) < 4.78 is 32.3. The van der Waals surface area contributed by atoms with Crippen LogP contribution >= 0.6 is 0 Å². The number of nitrogens with zero attached hydrogens (tertiary/aromatic N) is 1. The number of esters is 1. The van der Waals surface area contributed by atoms with E-state index in [0.717, 1.165) is 12.8 Å². The van der Waals surface area contributed by atoms with E-state index in [-0.39, 0.29) is 29.0 Å². The summed E-state index contributed by atoms with van der Waals surface area (Å²) >= 11 is 0. The summed E-state index contributed by atoms with van der Waals surface area (Å²) in [6.07, 6.45) is 1.89. The zero-order valence-electron chi connectivity index (χ0n) is 17.0. The summed E-state index contributed by atoms with van der Waals surface area (Å²) in [5, 5.41) is 2.76. The monoisotopic (exact) mass is 425 g/mol. The van der Waals surface area contributed by atoms with Gasteiger partial charge < -0.3 is 15.0 Å². The summed E-state index contributed by atoms with van der Waals surface area (Å²) in [5.41, 5.74) is -0.679. The minimum absolute atomic E-state index is 0.00344. The third-order valence-electron chi connectivity index (χ3n) is 3.90. The van der Waals surface area contributed by atoms with Crippen molar-refractivity contribution in [2.24, 2.45) is 0 Å². The molecule has 0 aromatic heterocycles. The average molecular weight is 426 g/mol. The van der Waals surface area contributed by atoms with Gasteiger partial charge in [-0.2, -0.15) is 0 Å². The van der Waals surface area contributed by atoms with Crippen molar-refractivity contribution in [1.82, 2.24) is 14.9 Å². The lowest BCUT2D eigenvalue weighted by molar-refractivity contribution is -0.137. The van der Waals surface area contributed by atoms with Crippen molar-refractivity contribution >= 4 is 27.8 Å². The molecule has 0 bridgehead atoms. The van der Waals surface area contributed by atoms with Gasteiger partial charge in [0.15, 0.2) is 6.61 Å². The molecule has 1 aliphatic carbocycles. The lowest BCUT2D eigenvalue weighted by Gasteiger charge is -2.20. The number of ether oxygens (including phenoxy) is 1. The standard InChI is InChI=1S/C19H27N3O6S/c1-19(2,3)21-29(26,27)15-7-5-6-13(10-15)18(25)28-12-17(24)22(4)11-16(23)20-14-8-9-14/h5-7,10,14,21H,8-9,11-12H2,1-4H3,(H,20,23). The van der Waals surface area contributed by atoms with Crippen LogP contribution in [0.15, 0.2) is 29.2 Å². The molecule has 2 amide bonds. The number of likely N-dealkylation sites (N-methyl/N-ethyl adjacent to an activating group) is 1. The fourth-order valence-corrected chi connectivity index (χ4v) is 3.84. The van der Waals surface area contributed by atoms with E-state index in [4.69, 9.17) is 4.74 Å². The molecule has 0 saturated heterocycles. The Labute approximate surface area is 170 Å². The predicted molar refractivity (Wildman–Crippen MR) is 106 cm³/mol. The molecule has 29 heavy (non-hydrogen) atoms. The Balaban J connectivity index is 1.93. The number of hydrogen-bond acceptors (Lipinski definition) is 6.